The van der Waals surface area contributed by atoms with E-state index in [0.717, 1.165) is 21.0 Å². The molecule has 3 aromatic rings. The van der Waals surface area contributed by atoms with Crippen LogP contribution in [0.2, 0.25) is 0 Å². The maximum atomic E-state index is 11.3. The molecule has 0 saturated heterocycles. The van der Waals surface area contributed by atoms with Crippen LogP contribution < -0.4 is 10.1 Å². The van der Waals surface area contributed by atoms with Crippen LogP contribution in [0.5, 0.6) is 5.75 Å². The number of benzene rings is 3. The van der Waals surface area contributed by atoms with Crippen LogP contribution in [-0.2, 0) is 0 Å². The van der Waals surface area contributed by atoms with Gasteiger partial charge in [0, 0.05) is 22.1 Å². The Hall–Kier alpha value is -2.53. The molecule has 122 valence electrons. The number of anilines is 1. The van der Waals surface area contributed by atoms with Gasteiger partial charge in [-0.25, -0.2) is 4.79 Å². The summed E-state index contributed by atoms with van der Waals surface area (Å²) >= 11 is 3.28. The van der Waals surface area contributed by atoms with Crippen LogP contribution in [0, 0.1) is 0 Å². The second kappa shape index (κ2) is 7.36. The van der Waals surface area contributed by atoms with Crippen molar-refractivity contribution in [1.82, 2.24) is 0 Å². The van der Waals surface area contributed by atoms with Crippen molar-refractivity contribution in [3.8, 4) is 5.75 Å². The Labute approximate surface area is 148 Å². The summed E-state index contributed by atoms with van der Waals surface area (Å²) in [6.45, 7) is 0.939. The molecule has 5 heteroatoms. The molecule has 0 atom stereocenters. The summed E-state index contributed by atoms with van der Waals surface area (Å²) in [6, 6.07) is 19.1. The highest BCUT2D eigenvalue weighted by atomic mass is 79.9. The highest BCUT2D eigenvalue weighted by molar-refractivity contribution is 9.10. The summed E-state index contributed by atoms with van der Waals surface area (Å²) in [7, 11) is 0. The number of carbonyl (C=O) groups is 1. The average Bonchev–Trinajstić information content (AvgIpc) is 2.59. The first-order valence-corrected chi connectivity index (χ1v) is 8.32. The van der Waals surface area contributed by atoms with E-state index in [2.05, 4.69) is 21.2 Å². The fourth-order valence-corrected chi connectivity index (χ4v) is 2.88. The summed E-state index contributed by atoms with van der Waals surface area (Å²) in [5, 5.41) is 14.6. The number of hydrogen-bond acceptors (Lipinski definition) is 3. The number of hydrogen-bond donors (Lipinski definition) is 2. The van der Waals surface area contributed by atoms with Gasteiger partial charge in [-0.1, -0.05) is 52.3 Å². The van der Waals surface area contributed by atoms with Crippen molar-refractivity contribution in [2.75, 3.05) is 18.5 Å². The van der Waals surface area contributed by atoms with Crippen molar-refractivity contribution >= 4 is 38.4 Å². The number of nitrogens with one attached hydrogen (secondary N) is 1. The molecule has 3 aromatic carbocycles. The molecule has 0 bridgehead atoms. The zero-order chi connectivity index (χ0) is 16.9. The number of carboxylic acids is 1. The molecule has 0 unspecified atom stereocenters. The minimum Gasteiger partial charge on any atom is -0.491 e. The van der Waals surface area contributed by atoms with Crippen molar-refractivity contribution in [3.05, 3.63) is 70.7 Å². The summed E-state index contributed by atoms with van der Waals surface area (Å²) < 4.78 is 6.58. The van der Waals surface area contributed by atoms with Gasteiger partial charge < -0.3 is 15.2 Å². The van der Waals surface area contributed by atoms with Crippen molar-refractivity contribution in [2.24, 2.45) is 0 Å². The van der Waals surface area contributed by atoms with Gasteiger partial charge in [-0.05, 0) is 29.7 Å². The van der Waals surface area contributed by atoms with Gasteiger partial charge in [0.05, 0.1) is 5.56 Å². The minimum absolute atomic E-state index is 0.231. The van der Waals surface area contributed by atoms with Crippen LogP contribution in [0.15, 0.2) is 65.1 Å². The van der Waals surface area contributed by atoms with E-state index in [-0.39, 0.29) is 5.56 Å². The molecule has 0 aliphatic heterocycles. The lowest BCUT2D eigenvalue weighted by Crippen LogP contribution is -2.14. The van der Waals surface area contributed by atoms with E-state index >= 15 is 0 Å². The first kappa shape index (κ1) is 16.3. The SMILES string of the molecule is O=C(O)c1cc(Br)ccc1NCCOc1cccc2ccccc12. The summed E-state index contributed by atoms with van der Waals surface area (Å²) in [5.41, 5.74) is 0.807. The molecule has 24 heavy (non-hydrogen) atoms. The third-order valence-corrected chi connectivity index (χ3v) is 4.13. The predicted octanol–water partition coefficient (Wildman–Crippen LogP) is 4.79. The van der Waals surface area contributed by atoms with E-state index in [1.54, 1.807) is 18.2 Å². The molecule has 3 rings (SSSR count). The molecule has 0 aromatic heterocycles. The molecule has 0 aliphatic carbocycles. The maximum Gasteiger partial charge on any atom is 0.337 e. The Bertz CT molecular complexity index is 874. The van der Waals surface area contributed by atoms with Gasteiger partial charge in [0.15, 0.2) is 0 Å². The molecule has 0 radical (unpaired) electrons. The zero-order valence-electron chi connectivity index (χ0n) is 12.8. The van der Waals surface area contributed by atoms with Crippen LogP contribution in [0.3, 0.4) is 0 Å². The van der Waals surface area contributed by atoms with Crippen LogP contribution in [0.4, 0.5) is 5.69 Å². The van der Waals surface area contributed by atoms with E-state index in [9.17, 15) is 9.90 Å². The molecular weight excluding hydrogens is 370 g/mol. The zero-order valence-corrected chi connectivity index (χ0v) is 14.4. The van der Waals surface area contributed by atoms with Crippen molar-refractivity contribution in [3.63, 3.8) is 0 Å². The lowest BCUT2D eigenvalue weighted by atomic mass is 10.1. The second-order valence-corrected chi connectivity index (χ2v) is 6.16. The lowest BCUT2D eigenvalue weighted by molar-refractivity contribution is 0.0698. The highest BCUT2D eigenvalue weighted by Crippen LogP contribution is 2.25. The molecular formula is C19H16BrNO3. The summed E-state index contributed by atoms with van der Waals surface area (Å²) in [6.07, 6.45) is 0. The Morgan fingerprint density at radius 1 is 1.08 bits per heavy atom. The number of halogens is 1. The Morgan fingerprint density at radius 3 is 2.71 bits per heavy atom. The quantitative estimate of drug-likeness (QED) is 0.598. The smallest absolute Gasteiger partial charge is 0.337 e. The molecule has 4 nitrogen and oxygen atoms in total. The normalized spacial score (nSPS) is 10.5. The summed E-state index contributed by atoms with van der Waals surface area (Å²) in [4.78, 5) is 11.3. The molecule has 2 N–H and O–H groups in total. The highest BCUT2D eigenvalue weighted by Gasteiger charge is 2.10. The lowest BCUT2D eigenvalue weighted by Gasteiger charge is -2.12. The van der Waals surface area contributed by atoms with Gasteiger partial charge in [-0.3, -0.25) is 0 Å². The van der Waals surface area contributed by atoms with E-state index < -0.39 is 5.97 Å². The fourth-order valence-electron chi connectivity index (χ4n) is 2.52. The number of fused-ring (bicyclic) bond motifs is 1. The largest absolute Gasteiger partial charge is 0.491 e. The Kier molecular flexibility index (Phi) is 5.01. The third kappa shape index (κ3) is 3.68. The summed E-state index contributed by atoms with van der Waals surface area (Å²) in [5.74, 6) is -0.141. The second-order valence-electron chi connectivity index (χ2n) is 5.25. The van der Waals surface area contributed by atoms with Gasteiger partial charge in [0.2, 0.25) is 0 Å². The van der Waals surface area contributed by atoms with E-state index in [4.69, 9.17) is 4.74 Å². The van der Waals surface area contributed by atoms with Crippen LogP contribution in [0.1, 0.15) is 10.4 Å². The minimum atomic E-state index is -0.964. The number of aromatic carboxylic acids is 1. The fraction of sp³-hybridized carbons (Fsp3) is 0.105. The van der Waals surface area contributed by atoms with E-state index in [0.29, 0.717) is 18.8 Å². The average molecular weight is 386 g/mol. The van der Waals surface area contributed by atoms with E-state index in [1.807, 2.05) is 42.5 Å². The number of ether oxygens (including phenoxy) is 1. The predicted molar refractivity (Wildman–Crippen MR) is 99.0 cm³/mol. The van der Waals surface area contributed by atoms with Gasteiger partial charge in [0.25, 0.3) is 0 Å². The first-order chi connectivity index (χ1) is 11.6. The van der Waals surface area contributed by atoms with Crippen LogP contribution in [0.25, 0.3) is 10.8 Å². The topological polar surface area (TPSA) is 58.6 Å². The molecule has 0 heterocycles. The third-order valence-electron chi connectivity index (χ3n) is 3.64. The molecule has 0 spiro atoms. The van der Waals surface area contributed by atoms with Crippen LogP contribution in [-0.4, -0.2) is 24.2 Å². The molecule has 0 amide bonds. The van der Waals surface area contributed by atoms with Gasteiger partial charge >= 0.3 is 5.97 Å². The Morgan fingerprint density at radius 2 is 1.88 bits per heavy atom. The molecule has 0 saturated carbocycles. The maximum absolute atomic E-state index is 11.3. The number of carboxylic acid groups (broad SMARTS) is 1. The Balaban J connectivity index is 1.64. The van der Waals surface area contributed by atoms with E-state index in [1.165, 1.54) is 0 Å². The van der Waals surface area contributed by atoms with Crippen molar-refractivity contribution in [2.45, 2.75) is 0 Å². The molecule has 0 aliphatic rings. The monoisotopic (exact) mass is 385 g/mol. The first-order valence-electron chi connectivity index (χ1n) is 7.52. The van der Waals surface area contributed by atoms with Crippen molar-refractivity contribution in [1.29, 1.82) is 0 Å². The van der Waals surface area contributed by atoms with Crippen molar-refractivity contribution < 1.29 is 14.6 Å². The standard InChI is InChI=1S/C19H16BrNO3/c20-14-8-9-17(16(12-14)19(22)23)21-10-11-24-18-7-3-5-13-4-1-2-6-15(13)18/h1-9,12,21H,10-11H2,(H,22,23). The molecule has 0 fully saturated rings. The van der Waals surface area contributed by atoms with Crippen LogP contribution >= 0.6 is 15.9 Å². The van der Waals surface area contributed by atoms with Gasteiger partial charge in [-0.2, -0.15) is 0 Å². The van der Waals surface area contributed by atoms with Gasteiger partial charge in [0.1, 0.15) is 12.4 Å². The van der Waals surface area contributed by atoms with Gasteiger partial charge in [-0.15, -0.1) is 0 Å². The number of rotatable bonds is 6.